The Bertz CT molecular complexity index is 843. The van der Waals surface area contributed by atoms with E-state index >= 15 is 0 Å². The predicted octanol–water partition coefficient (Wildman–Crippen LogP) is 1.99. The molecule has 0 spiro atoms. The van der Waals surface area contributed by atoms with Crippen LogP contribution in [0.3, 0.4) is 0 Å². The molecule has 3 rings (SSSR count). The lowest BCUT2D eigenvalue weighted by Crippen LogP contribution is -2.53. The second-order valence-corrected chi connectivity index (χ2v) is 10.2. The highest BCUT2D eigenvalue weighted by Crippen LogP contribution is 2.28. The molecule has 2 heterocycles. The van der Waals surface area contributed by atoms with E-state index in [1.807, 2.05) is 0 Å². The molecule has 1 aromatic carbocycles. The van der Waals surface area contributed by atoms with Gasteiger partial charge in [0, 0.05) is 17.6 Å². The van der Waals surface area contributed by atoms with Crippen molar-refractivity contribution in [1.29, 1.82) is 0 Å². The summed E-state index contributed by atoms with van der Waals surface area (Å²) in [4.78, 5) is 27.1. The van der Waals surface area contributed by atoms with E-state index < -0.39 is 21.8 Å². The summed E-state index contributed by atoms with van der Waals surface area (Å²) in [5.41, 5.74) is 0.595. The summed E-state index contributed by atoms with van der Waals surface area (Å²) >= 11 is 0. The fraction of sp³-hybridized carbons (Fsp3) is 0.600. The number of nitrogens with one attached hydrogen (secondary N) is 1. The summed E-state index contributed by atoms with van der Waals surface area (Å²) in [6, 6.07) is 6.14. The van der Waals surface area contributed by atoms with E-state index in [1.165, 1.54) is 31.4 Å². The number of carbonyl (C=O) groups is 2. The topological polar surface area (TPSA) is 86.8 Å². The van der Waals surface area contributed by atoms with Gasteiger partial charge in [0.15, 0.2) is 0 Å². The molecule has 1 unspecified atom stereocenters. The summed E-state index contributed by atoms with van der Waals surface area (Å²) in [6.07, 6.45) is 3.64. The van der Waals surface area contributed by atoms with Gasteiger partial charge in [-0.3, -0.25) is 14.5 Å². The molecule has 28 heavy (non-hydrogen) atoms. The number of rotatable bonds is 5. The molecule has 0 aliphatic carbocycles. The molecule has 8 heteroatoms. The third-order valence-corrected chi connectivity index (χ3v) is 7.49. The van der Waals surface area contributed by atoms with Crippen molar-refractivity contribution >= 4 is 27.5 Å². The molecule has 2 aliphatic heterocycles. The van der Waals surface area contributed by atoms with Crippen LogP contribution in [0.1, 0.15) is 50.4 Å². The molecule has 1 aromatic rings. The number of piperidine rings is 1. The quantitative estimate of drug-likeness (QED) is 0.807. The van der Waals surface area contributed by atoms with E-state index in [0.29, 0.717) is 12.1 Å². The molecular formula is C20H29N3O4S. The summed E-state index contributed by atoms with van der Waals surface area (Å²) in [6.45, 7) is 8.50. The SMILES string of the molecule is CC1CS(=O)(=O)N(c2ccc(C(=O)NCC(C)(C)N3CCCCC3)cc2)C1=O. The first-order chi connectivity index (χ1) is 13.1. The number of nitrogens with zero attached hydrogens (tertiary/aromatic N) is 2. The molecule has 2 saturated heterocycles. The van der Waals surface area contributed by atoms with E-state index in [1.54, 1.807) is 19.1 Å². The van der Waals surface area contributed by atoms with Crippen LogP contribution in [0, 0.1) is 5.92 Å². The average molecular weight is 408 g/mol. The Hall–Kier alpha value is -1.93. The van der Waals surface area contributed by atoms with Crippen molar-refractivity contribution in [2.75, 3.05) is 29.7 Å². The Balaban J connectivity index is 1.65. The van der Waals surface area contributed by atoms with Gasteiger partial charge in [-0.05, 0) is 64.0 Å². The van der Waals surface area contributed by atoms with Crippen LogP contribution in [0.2, 0.25) is 0 Å². The monoisotopic (exact) mass is 407 g/mol. The number of benzene rings is 1. The second-order valence-electron chi connectivity index (χ2n) is 8.37. The van der Waals surface area contributed by atoms with Gasteiger partial charge in [0.25, 0.3) is 5.91 Å². The van der Waals surface area contributed by atoms with Crippen molar-refractivity contribution in [2.24, 2.45) is 5.92 Å². The zero-order valence-electron chi connectivity index (χ0n) is 16.8. The largest absolute Gasteiger partial charge is 0.350 e. The molecule has 154 valence electrons. The minimum Gasteiger partial charge on any atom is -0.350 e. The second kappa shape index (κ2) is 7.83. The third kappa shape index (κ3) is 4.22. The van der Waals surface area contributed by atoms with Gasteiger partial charge in [0.2, 0.25) is 15.9 Å². The number of amides is 2. The van der Waals surface area contributed by atoms with Crippen LogP contribution < -0.4 is 9.62 Å². The van der Waals surface area contributed by atoms with Crippen molar-refractivity contribution in [3.05, 3.63) is 29.8 Å². The first-order valence-corrected chi connectivity index (χ1v) is 11.4. The van der Waals surface area contributed by atoms with Crippen molar-refractivity contribution in [2.45, 2.75) is 45.6 Å². The van der Waals surface area contributed by atoms with Gasteiger partial charge in [-0.25, -0.2) is 12.7 Å². The van der Waals surface area contributed by atoms with Crippen LogP contribution in [-0.4, -0.2) is 56.1 Å². The lowest BCUT2D eigenvalue weighted by Gasteiger charge is -2.41. The Morgan fingerprint density at radius 1 is 1.14 bits per heavy atom. The molecule has 2 amide bonds. The van der Waals surface area contributed by atoms with E-state index in [4.69, 9.17) is 0 Å². The number of sulfonamides is 1. The van der Waals surface area contributed by atoms with Crippen molar-refractivity contribution in [3.8, 4) is 0 Å². The summed E-state index contributed by atoms with van der Waals surface area (Å²) in [5.74, 6) is -1.37. The highest BCUT2D eigenvalue weighted by Gasteiger charge is 2.41. The number of likely N-dealkylation sites (tertiary alicyclic amines) is 1. The van der Waals surface area contributed by atoms with E-state index in [2.05, 4.69) is 24.1 Å². The van der Waals surface area contributed by atoms with Crippen molar-refractivity contribution in [1.82, 2.24) is 10.2 Å². The van der Waals surface area contributed by atoms with E-state index in [0.717, 1.165) is 17.4 Å². The molecule has 0 radical (unpaired) electrons. The zero-order chi connectivity index (χ0) is 20.5. The number of hydrogen-bond acceptors (Lipinski definition) is 5. The maximum atomic E-state index is 12.5. The average Bonchev–Trinajstić information content (AvgIpc) is 2.87. The van der Waals surface area contributed by atoms with Crippen LogP contribution >= 0.6 is 0 Å². The minimum absolute atomic E-state index is 0.123. The first kappa shape index (κ1) is 20.8. The highest BCUT2D eigenvalue weighted by atomic mass is 32.2. The molecule has 7 nitrogen and oxygen atoms in total. The summed E-state index contributed by atoms with van der Waals surface area (Å²) in [7, 11) is -3.64. The molecular weight excluding hydrogens is 378 g/mol. The molecule has 2 fully saturated rings. The van der Waals surface area contributed by atoms with Crippen LogP contribution in [0.4, 0.5) is 5.69 Å². The normalized spacial score (nSPS) is 23.0. The van der Waals surface area contributed by atoms with Gasteiger partial charge in [0.1, 0.15) is 0 Å². The van der Waals surface area contributed by atoms with Gasteiger partial charge >= 0.3 is 0 Å². The van der Waals surface area contributed by atoms with Gasteiger partial charge in [-0.15, -0.1) is 0 Å². The number of anilines is 1. The third-order valence-electron chi connectivity index (χ3n) is 5.62. The van der Waals surface area contributed by atoms with E-state index in [9.17, 15) is 18.0 Å². The van der Waals surface area contributed by atoms with Crippen LogP contribution in [0.25, 0.3) is 0 Å². The number of carbonyl (C=O) groups excluding carboxylic acids is 2. The Labute approximate surface area is 167 Å². The number of hydrogen-bond donors (Lipinski definition) is 1. The van der Waals surface area contributed by atoms with Crippen LogP contribution in [0.15, 0.2) is 24.3 Å². The minimum atomic E-state index is -3.64. The Morgan fingerprint density at radius 3 is 2.29 bits per heavy atom. The Morgan fingerprint density at radius 2 is 1.75 bits per heavy atom. The maximum absolute atomic E-state index is 12.5. The maximum Gasteiger partial charge on any atom is 0.251 e. The summed E-state index contributed by atoms with van der Waals surface area (Å²) in [5, 5.41) is 2.98. The molecule has 1 atom stereocenters. The lowest BCUT2D eigenvalue weighted by atomic mass is 9.98. The van der Waals surface area contributed by atoms with Crippen LogP contribution in [-0.2, 0) is 14.8 Å². The fourth-order valence-electron chi connectivity index (χ4n) is 3.84. The zero-order valence-corrected chi connectivity index (χ0v) is 17.6. The smallest absolute Gasteiger partial charge is 0.251 e. The molecule has 1 N–H and O–H groups in total. The Kier molecular flexibility index (Phi) is 5.82. The van der Waals surface area contributed by atoms with Gasteiger partial charge in [0.05, 0.1) is 17.4 Å². The molecule has 0 saturated carbocycles. The van der Waals surface area contributed by atoms with Crippen LogP contribution in [0.5, 0.6) is 0 Å². The molecule has 0 bridgehead atoms. The van der Waals surface area contributed by atoms with Crippen molar-refractivity contribution < 1.29 is 18.0 Å². The molecule has 2 aliphatic rings. The van der Waals surface area contributed by atoms with Gasteiger partial charge < -0.3 is 5.32 Å². The summed E-state index contributed by atoms with van der Waals surface area (Å²) < 4.78 is 25.2. The molecule has 0 aromatic heterocycles. The van der Waals surface area contributed by atoms with E-state index in [-0.39, 0.29) is 22.9 Å². The fourth-order valence-corrected chi connectivity index (χ4v) is 5.67. The van der Waals surface area contributed by atoms with Gasteiger partial charge in [-0.2, -0.15) is 0 Å². The van der Waals surface area contributed by atoms with Gasteiger partial charge in [-0.1, -0.05) is 13.3 Å². The standard InChI is InChI=1S/C20H29N3O4S/c1-15-13-28(26,27)23(19(15)25)17-9-7-16(8-10-17)18(24)21-14-20(2,3)22-11-5-4-6-12-22/h7-10,15H,4-6,11-14H2,1-3H3,(H,21,24). The highest BCUT2D eigenvalue weighted by molar-refractivity contribution is 7.94. The predicted molar refractivity (Wildman–Crippen MR) is 109 cm³/mol. The van der Waals surface area contributed by atoms with Crippen molar-refractivity contribution in [3.63, 3.8) is 0 Å². The first-order valence-electron chi connectivity index (χ1n) is 9.82. The lowest BCUT2D eigenvalue weighted by molar-refractivity contribution is -0.119.